The summed E-state index contributed by atoms with van der Waals surface area (Å²) in [6, 6.07) is 4.64. The molecular formula is C15H17Cl2NO4. The fraction of sp³-hybridized carbons (Fsp3) is 0.333. The van der Waals surface area contributed by atoms with E-state index in [9.17, 15) is 9.59 Å². The number of carbonyl (C=O) groups is 2. The molecule has 0 aromatic heterocycles. The van der Waals surface area contributed by atoms with Crippen molar-refractivity contribution in [1.82, 2.24) is 5.32 Å². The third-order valence-electron chi connectivity index (χ3n) is 2.61. The van der Waals surface area contributed by atoms with E-state index in [2.05, 4.69) is 11.9 Å². The predicted molar refractivity (Wildman–Crippen MR) is 85.3 cm³/mol. The summed E-state index contributed by atoms with van der Waals surface area (Å²) in [4.78, 5) is 23.5. The van der Waals surface area contributed by atoms with Crippen LogP contribution in [0.15, 0.2) is 30.9 Å². The number of carbonyl (C=O) groups excluding carboxylic acids is 2. The Bertz CT molecular complexity index is 562. The van der Waals surface area contributed by atoms with Crippen molar-refractivity contribution in [3.8, 4) is 5.75 Å². The molecule has 5 nitrogen and oxygen atoms in total. The van der Waals surface area contributed by atoms with Crippen molar-refractivity contribution >= 4 is 35.1 Å². The molecule has 1 rings (SSSR count). The van der Waals surface area contributed by atoms with Crippen molar-refractivity contribution < 1.29 is 19.1 Å². The first-order valence-corrected chi connectivity index (χ1v) is 7.31. The summed E-state index contributed by atoms with van der Waals surface area (Å²) in [5, 5.41) is 3.27. The van der Waals surface area contributed by atoms with Gasteiger partial charge in [0.05, 0.1) is 5.02 Å². The molecule has 7 heteroatoms. The topological polar surface area (TPSA) is 64.6 Å². The van der Waals surface area contributed by atoms with Crippen LogP contribution in [0.5, 0.6) is 5.75 Å². The Labute approximate surface area is 139 Å². The number of rotatable bonds is 7. The highest BCUT2D eigenvalue weighted by Gasteiger charge is 2.23. The van der Waals surface area contributed by atoms with E-state index in [0.717, 1.165) is 0 Å². The van der Waals surface area contributed by atoms with Gasteiger partial charge in [0.2, 0.25) is 0 Å². The summed E-state index contributed by atoms with van der Waals surface area (Å²) in [6.07, 6.45) is -0.326. The maximum atomic E-state index is 11.9. The smallest absolute Gasteiger partial charge is 0.347 e. The van der Waals surface area contributed by atoms with Gasteiger partial charge >= 0.3 is 5.97 Å². The molecule has 0 saturated heterocycles. The molecule has 1 N–H and O–H groups in total. The minimum atomic E-state index is -0.931. The van der Waals surface area contributed by atoms with Crippen molar-refractivity contribution in [2.45, 2.75) is 26.1 Å². The van der Waals surface area contributed by atoms with E-state index < -0.39 is 24.1 Å². The number of benzene rings is 1. The van der Waals surface area contributed by atoms with Crippen LogP contribution in [0.4, 0.5) is 0 Å². The van der Waals surface area contributed by atoms with Crippen molar-refractivity contribution in [3.05, 3.63) is 40.9 Å². The van der Waals surface area contributed by atoms with Crippen LogP contribution in [-0.2, 0) is 14.3 Å². The number of hydrogen-bond acceptors (Lipinski definition) is 4. The SMILES string of the molecule is C=CCNC(=O)[C@@H](C)OC(=O)[C@H](C)Oc1ccc(Cl)cc1Cl. The second-order valence-electron chi connectivity index (χ2n) is 4.45. The van der Waals surface area contributed by atoms with E-state index in [-0.39, 0.29) is 5.02 Å². The Hall–Kier alpha value is -1.72. The molecule has 1 aromatic rings. The molecule has 22 heavy (non-hydrogen) atoms. The van der Waals surface area contributed by atoms with Crippen LogP contribution in [0, 0.1) is 0 Å². The molecule has 0 radical (unpaired) electrons. The second-order valence-corrected chi connectivity index (χ2v) is 5.29. The quantitative estimate of drug-likeness (QED) is 0.609. The van der Waals surface area contributed by atoms with Crippen LogP contribution in [-0.4, -0.2) is 30.6 Å². The Morgan fingerprint density at radius 3 is 2.59 bits per heavy atom. The first-order valence-electron chi connectivity index (χ1n) is 6.56. The lowest BCUT2D eigenvalue weighted by molar-refractivity contribution is -0.160. The van der Waals surface area contributed by atoms with Gasteiger partial charge in [-0.3, -0.25) is 4.79 Å². The highest BCUT2D eigenvalue weighted by molar-refractivity contribution is 6.35. The maximum Gasteiger partial charge on any atom is 0.347 e. The Morgan fingerprint density at radius 1 is 1.32 bits per heavy atom. The molecular weight excluding hydrogens is 329 g/mol. The van der Waals surface area contributed by atoms with Gasteiger partial charge in [-0.1, -0.05) is 29.3 Å². The van der Waals surface area contributed by atoms with Crippen LogP contribution in [0.3, 0.4) is 0 Å². The van der Waals surface area contributed by atoms with E-state index in [1.165, 1.54) is 26.0 Å². The van der Waals surface area contributed by atoms with Gasteiger partial charge in [0.1, 0.15) is 5.75 Å². The van der Waals surface area contributed by atoms with Gasteiger partial charge in [-0.2, -0.15) is 0 Å². The van der Waals surface area contributed by atoms with Gasteiger partial charge in [0.15, 0.2) is 12.2 Å². The third-order valence-corrected chi connectivity index (χ3v) is 3.14. The monoisotopic (exact) mass is 345 g/mol. The highest BCUT2D eigenvalue weighted by Crippen LogP contribution is 2.28. The molecule has 0 spiro atoms. The number of halogens is 2. The standard InChI is InChI=1S/C15H17Cl2NO4/c1-4-7-18-14(19)9(2)22-15(20)10(3)21-13-6-5-11(16)8-12(13)17/h4-6,8-10H,1,7H2,2-3H3,(H,18,19)/t9-,10+/m1/s1. The average Bonchev–Trinajstić information content (AvgIpc) is 2.47. The maximum absolute atomic E-state index is 11.9. The van der Waals surface area contributed by atoms with E-state index in [4.69, 9.17) is 32.7 Å². The molecule has 1 aromatic carbocycles. The van der Waals surface area contributed by atoms with Crippen LogP contribution < -0.4 is 10.1 Å². The number of esters is 1. The molecule has 0 saturated carbocycles. The van der Waals surface area contributed by atoms with Crippen LogP contribution in [0.2, 0.25) is 10.0 Å². The van der Waals surface area contributed by atoms with E-state index >= 15 is 0 Å². The van der Waals surface area contributed by atoms with Crippen molar-refractivity contribution in [3.63, 3.8) is 0 Å². The zero-order valence-electron chi connectivity index (χ0n) is 12.3. The van der Waals surface area contributed by atoms with Gasteiger partial charge in [-0.25, -0.2) is 4.79 Å². The number of amides is 1. The first kappa shape index (κ1) is 18.3. The molecule has 1 amide bonds. The van der Waals surface area contributed by atoms with Gasteiger partial charge in [-0.15, -0.1) is 6.58 Å². The predicted octanol–water partition coefficient (Wildman–Crippen LogP) is 2.99. The molecule has 0 aliphatic carbocycles. The van der Waals surface area contributed by atoms with Gasteiger partial charge < -0.3 is 14.8 Å². The number of hydrogen-bond donors (Lipinski definition) is 1. The first-order chi connectivity index (χ1) is 10.3. The molecule has 0 bridgehead atoms. The largest absolute Gasteiger partial charge is 0.477 e. The summed E-state index contributed by atoms with van der Waals surface area (Å²) in [5.74, 6) is -0.781. The molecule has 120 valence electrons. The van der Waals surface area contributed by atoms with Gasteiger partial charge in [-0.05, 0) is 32.0 Å². The zero-order valence-corrected chi connectivity index (χ0v) is 13.8. The van der Waals surface area contributed by atoms with Crippen molar-refractivity contribution in [2.24, 2.45) is 0 Å². The summed E-state index contributed by atoms with van der Waals surface area (Å²) >= 11 is 11.7. The molecule has 2 atom stereocenters. The zero-order chi connectivity index (χ0) is 16.7. The van der Waals surface area contributed by atoms with E-state index in [0.29, 0.717) is 17.3 Å². The number of ether oxygens (including phenoxy) is 2. The molecule has 0 aliphatic rings. The molecule has 0 heterocycles. The van der Waals surface area contributed by atoms with Gasteiger partial charge in [0.25, 0.3) is 5.91 Å². The second kappa shape index (κ2) is 8.66. The van der Waals surface area contributed by atoms with Crippen LogP contribution in [0.25, 0.3) is 0 Å². The average molecular weight is 346 g/mol. The highest BCUT2D eigenvalue weighted by atomic mass is 35.5. The lowest BCUT2D eigenvalue weighted by atomic mass is 10.3. The molecule has 0 unspecified atom stereocenters. The summed E-state index contributed by atoms with van der Waals surface area (Å²) in [6.45, 7) is 6.75. The Kier molecular flexibility index (Phi) is 7.21. The summed E-state index contributed by atoms with van der Waals surface area (Å²) in [5.41, 5.74) is 0. The lowest BCUT2D eigenvalue weighted by Crippen LogP contribution is -2.38. The molecule has 0 aliphatic heterocycles. The Balaban J connectivity index is 2.57. The van der Waals surface area contributed by atoms with Crippen molar-refractivity contribution in [1.29, 1.82) is 0 Å². The minimum Gasteiger partial charge on any atom is -0.477 e. The number of nitrogens with one attached hydrogen (secondary N) is 1. The molecule has 0 fully saturated rings. The van der Waals surface area contributed by atoms with Crippen molar-refractivity contribution in [2.75, 3.05) is 6.54 Å². The van der Waals surface area contributed by atoms with E-state index in [1.54, 1.807) is 12.1 Å². The minimum absolute atomic E-state index is 0.281. The lowest BCUT2D eigenvalue weighted by Gasteiger charge is -2.18. The van der Waals surface area contributed by atoms with E-state index in [1.807, 2.05) is 0 Å². The van der Waals surface area contributed by atoms with Crippen LogP contribution in [0.1, 0.15) is 13.8 Å². The third kappa shape index (κ3) is 5.58. The summed E-state index contributed by atoms with van der Waals surface area (Å²) < 4.78 is 10.4. The normalized spacial score (nSPS) is 12.9. The fourth-order valence-electron chi connectivity index (χ4n) is 1.45. The summed E-state index contributed by atoms with van der Waals surface area (Å²) in [7, 11) is 0. The van der Waals surface area contributed by atoms with Crippen LogP contribution >= 0.6 is 23.2 Å². The fourth-order valence-corrected chi connectivity index (χ4v) is 1.90. The Morgan fingerprint density at radius 2 is 2.00 bits per heavy atom. The van der Waals surface area contributed by atoms with Gasteiger partial charge in [0, 0.05) is 11.6 Å².